The van der Waals surface area contributed by atoms with E-state index in [1.54, 1.807) is 26.0 Å². The SMILES string of the molecule is CCN1C(=O)[C@@H](C)SC1=NS(=O)(=O)c1ccc(C)cc1. The Morgan fingerprint density at radius 1 is 1.30 bits per heavy atom. The smallest absolute Gasteiger partial charge is 0.284 e. The molecule has 1 aromatic carbocycles. The van der Waals surface area contributed by atoms with E-state index in [4.69, 9.17) is 0 Å². The van der Waals surface area contributed by atoms with E-state index >= 15 is 0 Å². The van der Waals surface area contributed by atoms with Gasteiger partial charge in [-0.05, 0) is 32.9 Å². The van der Waals surface area contributed by atoms with Crippen LogP contribution < -0.4 is 0 Å². The summed E-state index contributed by atoms with van der Waals surface area (Å²) in [6.07, 6.45) is 0. The van der Waals surface area contributed by atoms with Crippen LogP contribution in [0.5, 0.6) is 0 Å². The number of amidine groups is 1. The lowest BCUT2D eigenvalue weighted by Gasteiger charge is -2.12. The van der Waals surface area contributed by atoms with Crippen LogP contribution >= 0.6 is 11.8 Å². The summed E-state index contributed by atoms with van der Waals surface area (Å²) in [7, 11) is -3.78. The van der Waals surface area contributed by atoms with Gasteiger partial charge in [-0.15, -0.1) is 4.40 Å². The second-order valence-corrected chi connectivity index (χ2v) is 7.42. The Hall–Kier alpha value is -1.34. The molecule has 0 spiro atoms. The number of aryl methyl sites for hydroxylation is 1. The van der Waals surface area contributed by atoms with Gasteiger partial charge in [0.15, 0.2) is 5.17 Å². The van der Waals surface area contributed by atoms with Crippen LogP contribution in [0, 0.1) is 6.92 Å². The van der Waals surface area contributed by atoms with E-state index in [1.807, 2.05) is 6.92 Å². The van der Waals surface area contributed by atoms with Crippen LogP contribution in [0.2, 0.25) is 0 Å². The van der Waals surface area contributed by atoms with Gasteiger partial charge in [-0.2, -0.15) is 8.42 Å². The Bertz CT molecular complexity index is 651. The van der Waals surface area contributed by atoms with E-state index in [2.05, 4.69) is 4.40 Å². The largest absolute Gasteiger partial charge is 0.290 e. The van der Waals surface area contributed by atoms with E-state index in [0.29, 0.717) is 6.54 Å². The van der Waals surface area contributed by atoms with Gasteiger partial charge in [-0.1, -0.05) is 29.5 Å². The first-order valence-corrected chi connectivity index (χ1v) is 8.57. The van der Waals surface area contributed by atoms with Crippen molar-refractivity contribution in [2.75, 3.05) is 6.54 Å². The monoisotopic (exact) mass is 312 g/mol. The lowest BCUT2D eigenvalue weighted by Crippen LogP contribution is -2.31. The molecule has 1 aromatic rings. The number of nitrogens with zero attached hydrogens (tertiary/aromatic N) is 2. The summed E-state index contributed by atoms with van der Waals surface area (Å²) in [5.41, 5.74) is 0.978. The van der Waals surface area contributed by atoms with Crippen molar-refractivity contribution in [2.24, 2.45) is 4.40 Å². The molecular weight excluding hydrogens is 296 g/mol. The molecule has 1 atom stereocenters. The van der Waals surface area contributed by atoms with E-state index in [9.17, 15) is 13.2 Å². The molecule has 1 amide bonds. The maximum atomic E-state index is 12.2. The summed E-state index contributed by atoms with van der Waals surface area (Å²) in [5, 5.41) is -0.0347. The highest BCUT2D eigenvalue weighted by Gasteiger charge is 2.35. The molecule has 1 heterocycles. The lowest BCUT2D eigenvalue weighted by atomic mass is 10.2. The van der Waals surface area contributed by atoms with Gasteiger partial charge in [-0.3, -0.25) is 9.69 Å². The molecule has 20 heavy (non-hydrogen) atoms. The highest BCUT2D eigenvalue weighted by Crippen LogP contribution is 2.28. The minimum Gasteiger partial charge on any atom is -0.290 e. The van der Waals surface area contributed by atoms with Crippen LogP contribution in [-0.4, -0.2) is 36.2 Å². The van der Waals surface area contributed by atoms with Gasteiger partial charge >= 0.3 is 0 Å². The zero-order valence-electron chi connectivity index (χ0n) is 11.5. The average molecular weight is 312 g/mol. The fourth-order valence-corrected chi connectivity index (χ4v) is 4.06. The van der Waals surface area contributed by atoms with Gasteiger partial charge in [-0.25, -0.2) is 0 Å². The average Bonchev–Trinajstić information content (AvgIpc) is 2.64. The van der Waals surface area contributed by atoms with E-state index in [-0.39, 0.29) is 21.2 Å². The molecule has 0 unspecified atom stereocenters. The number of benzene rings is 1. The van der Waals surface area contributed by atoms with Crippen molar-refractivity contribution in [3.8, 4) is 0 Å². The minimum atomic E-state index is -3.78. The van der Waals surface area contributed by atoms with Crippen molar-refractivity contribution in [1.29, 1.82) is 0 Å². The first-order valence-electron chi connectivity index (χ1n) is 6.25. The molecule has 1 aliphatic heterocycles. The molecule has 0 aromatic heterocycles. The fourth-order valence-electron chi connectivity index (χ4n) is 1.81. The molecule has 0 saturated carbocycles. The number of hydrogen-bond acceptors (Lipinski definition) is 4. The minimum absolute atomic E-state index is 0.102. The molecule has 0 radical (unpaired) electrons. The third-order valence-electron chi connectivity index (χ3n) is 2.96. The van der Waals surface area contributed by atoms with E-state index in [1.165, 1.54) is 28.8 Å². The molecule has 0 bridgehead atoms. The van der Waals surface area contributed by atoms with Crippen LogP contribution in [0.3, 0.4) is 0 Å². The summed E-state index contributed by atoms with van der Waals surface area (Å²) in [5.74, 6) is -0.102. The molecule has 108 valence electrons. The Morgan fingerprint density at radius 3 is 2.45 bits per heavy atom. The second kappa shape index (κ2) is 5.57. The molecule has 0 N–H and O–H groups in total. The Kier molecular flexibility index (Phi) is 4.19. The van der Waals surface area contributed by atoms with Gasteiger partial charge < -0.3 is 0 Å². The predicted octanol–water partition coefficient (Wildman–Crippen LogP) is 2.02. The van der Waals surface area contributed by atoms with Crippen molar-refractivity contribution >= 4 is 32.9 Å². The summed E-state index contributed by atoms with van der Waals surface area (Å²) in [6.45, 7) is 5.84. The predicted molar refractivity (Wildman–Crippen MR) is 80.2 cm³/mol. The van der Waals surface area contributed by atoms with Crippen LogP contribution in [0.15, 0.2) is 33.6 Å². The van der Waals surface area contributed by atoms with Crippen molar-refractivity contribution < 1.29 is 13.2 Å². The quantitative estimate of drug-likeness (QED) is 0.856. The molecule has 2 rings (SSSR count). The van der Waals surface area contributed by atoms with Gasteiger partial charge in [0, 0.05) is 6.54 Å². The molecule has 5 nitrogen and oxygen atoms in total. The van der Waals surface area contributed by atoms with Crippen LogP contribution in [0.25, 0.3) is 0 Å². The zero-order valence-corrected chi connectivity index (χ0v) is 13.2. The van der Waals surface area contributed by atoms with Gasteiger partial charge in [0.1, 0.15) is 0 Å². The maximum Gasteiger partial charge on any atom is 0.284 e. The number of sulfonamides is 1. The first kappa shape index (κ1) is 15.1. The van der Waals surface area contributed by atoms with Crippen molar-refractivity contribution in [2.45, 2.75) is 30.9 Å². The number of rotatable bonds is 3. The van der Waals surface area contributed by atoms with E-state index in [0.717, 1.165) is 5.56 Å². The number of amides is 1. The highest BCUT2D eigenvalue weighted by atomic mass is 32.2. The molecule has 1 aliphatic rings. The molecule has 1 fully saturated rings. The van der Waals surface area contributed by atoms with Crippen LogP contribution in [-0.2, 0) is 14.8 Å². The molecular formula is C13H16N2O3S2. The zero-order chi connectivity index (χ0) is 14.9. The fraction of sp³-hybridized carbons (Fsp3) is 0.385. The van der Waals surface area contributed by atoms with Crippen molar-refractivity contribution in [3.05, 3.63) is 29.8 Å². The topological polar surface area (TPSA) is 66.8 Å². The Labute approximate surface area is 123 Å². The van der Waals surface area contributed by atoms with E-state index < -0.39 is 10.0 Å². The number of thioether (sulfide) groups is 1. The number of carbonyl (C=O) groups is 1. The molecule has 1 saturated heterocycles. The van der Waals surface area contributed by atoms with Gasteiger partial charge in [0.2, 0.25) is 5.91 Å². The summed E-state index contributed by atoms with van der Waals surface area (Å²) in [6, 6.07) is 6.49. The number of hydrogen-bond donors (Lipinski definition) is 0. The Morgan fingerprint density at radius 2 is 1.90 bits per heavy atom. The summed E-state index contributed by atoms with van der Waals surface area (Å²) < 4.78 is 28.3. The van der Waals surface area contributed by atoms with Crippen molar-refractivity contribution in [3.63, 3.8) is 0 Å². The Balaban J connectivity index is 2.38. The summed E-state index contributed by atoms with van der Waals surface area (Å²) in [4.78, 5) is 13.4. The standard InChI is InChI=1S/C13H16N2O3S2/c1-4-15-12(16)10(3)19-13(15)14-20(17,18)11-7-5-9(2)6-8-11/h5-8,10H,4H2,1-3H3/t10-/m1/s1. The van der Waals surface area contributed by atoms with Crippen LogP contribution in [0.1, 0.15) is 19.4 Å². The molecule has 0 aliphatic carbocycles. The third-order valence-corrected chi connectivity index (χ3v) is 5.43. The van der Waals surface area contributed by atoms with Gasteiger partial charge in [0.05, 0.1) is 10.1 Å². The van der Waals surface area contributed by atoms with Crippen molar-refractivity contribution in [1.82, 2.24) is 4.90 Å². The lowest BCUT2D eigenvalue weighted by molar-refractivity contribution is -0.125. The maximum absolute atomic E-state index is 12.2. The first-order chi connectivity index (χ1) is 9.35. The van der Waals surface area contributed by atoms with Gasteiger partial charge in [0.25, 0.3) is 10.0 Å². The summed E-state index contributed by atoms with van der Waals surface area (Å²) >= 11 is 1.18. The van der Waals surface area contributed by atoms with Crippen LogP contribution in [0.4, 0.5) is 0 Å². The highest BCUT2D eigenvalue weighted by molar-refractivity contribution is 8.16. The second-order valence-electron chi connectivity index (χ2n) is 4.50. The molecule has 7 heteroatoms. The number of carbonyl (C=O) groups excluding carboxylic acids is 1. The normalized spacial score (nSPS) is 21.8. The third kappa shape index (κ3) is 2.88.